The van der Waals surface area contributed by atoms with Gasteiger partial charge in [-0.1, -0.05) is 6.92 Å². The van der Waals surface area contributed by atoms with Crippen molar-refractivity contribution < 1.29 is 19.5 Å². The molecule has 0 aliphatic carbocycles. The lowest BCUT2D eigenvalue weighted by atomic mass is 9.86. The van der Waals surface area contributed by atoms with Gasteiger partial charge in [0.05, 0.1) is 11.8 Å². The molecule has 26 heavy (non-hydrogen) atoms. The van der Waals surface area contributed by atoms with E-state index in [2.05, 4.69) is 0 Å². The molecule has 3 rings (SSSR count). The first-order valence-corrected chi connectivity index (χ1v) is 10.1. The Bertz CT molecular complexity index is 706. The van der Waals surface area contributed by atoms with Gasteiger partial charge in [0.2, 0.25) is 11.8 Å². The number of rotatable bonds is 4. The molecular weight excluding hydrogens is 352 g/mol. The Hall–Kier alpha value is -2.02. The lowest BCUT2D eigenvalue weighted by molar-refractivity contribution is -0.149. The summed E-state index contributed by atoms with van der Waals surface area (Å²) in [6.07, 6.45) is 2.69. The summed E-state index contributed by atoms with van der Waals surface area (Å²) in [7, 11) is 0. The van der Waals surface area contributed by atoms with Crippen LogP contribution in [0.3, 0.4) is 0 Å². The van der Waals surface area contributed by atoms with Gasteiger partial charge in [0.1, 0.15) is 0 Å². The molecule has 0 saturated carbocycles. The van der Waals surface area contributed by atoms with Gasteiger partial charge in [0.15, 0.2) is 0 Å². The first-order valence-electron chi connectivity index (χ1n) is 8.86. The Labute approximate surface area is 157 Å². The zero-order chi connectivity index (χ0) is 18.8. The molecule has 1 N–H and O–H groups in total. The summed E-state index contributed by atoms with van der Waals surface area (Å²) in [5, 5.41) is 9.22. The SMILES string of the molecule is CSc1ccc(N2CC(C(=O)N3CCC(C(=O)O)C(C)C3)CC2=O)cc1. The zero-order valence-corrected chi connectivity index (χ0v) is 15.9. The lowest BCUT2D eigenvalue weighted by Crippen LogP contribution is -2.47. The normalized spacial score (nSPS) is 26.2. The number of amides is 2. The molecule has 7 heteroatoms. The first kappa shape index (κ1) is 18.8. The van der Waals surface area contributed by atoms with Crippen LogP contribution in [0, 0.1) is 17.8 Å². The molecule has 3 unspecified atom stereocenters. The van der Waals surface area contributed by atoms with Gasteiger partial charge in [0, 0.05) is 36.6 Å². The van der Waals surface area contributed by atoms with Gasteiger partial charge in [-0.25, -0.2) is 0 Å². The second kappa shape index (κ2) is 7.70. The highest BCUT2D eigenvalue weighted by Gasteiger charge is 2.40. The van der Waals surface area contributed by atoms with E-state index >= 15 is 0 Å². The third kappa shape index (κ3) is 3.72. The average molecular weight is 376 g/mol. The van der Waals surface area contributed by atoms with E-state index in [1.165, 1.54) is 0 Å². The fourth-order valence-corrected chi connectivity index (χ4v) is 4.26. The van der Waals surface area contributed by atoms with E-state index in [9.17, 15) is 19.5 Å². The molecule has 3 atom stereocenters. The van der Waals surface area contributed by atoms with Gasteiger partial charge in [0.25, 0.3) is 0 Å². The highest BCUT2D eigenvalue weighted by atomic mass is 32.2. The summed E-state index contributed by atoms with van der Waals surface area (Å²) >= 11 is 1.64. The number of benzene rings is 1. The fraction of sp³-hybridized carbons (Fsp3) is 0.526. The van der Waals surface area contributed by atoms with Crippen molar-refractivity contribution in [2.24, 2.45) is 17.8 Å². The number of anilines is 1. The van der Waals surface area contributed by atoms with Crippen LogP contribution in [-0.4, -0.2) is 53.7 Å². The lowest BCUT2D eigenvalue weighted by Gasteiger charge is -2.36. The van der Waals surface area contributed by atoms with Crippen molar-refractivity contribution in [3.8, 4) is 0 Å². The van der Waals surface area contributed by atoms with E-state index in [4.69, 9.17) is 0 Å². The van der Waals surface area contributed by atoms with Crippen molar-refractivity contribution in [1.82, 2.24) is 4.90 Å². The van der Waals surface area contributed by atoms with E-state index in [1.807, 2.05) is 37.4 Å². The van der Waals surface area contributed by atoms with Crippen LogP contribution in [0.15, 0.2) is 29.2 Å². The van der Waals surface area contributed by atoms with Crippen LogP contribution in [-0.2, 0) is 14.4 Å². The third-order valence-corrected chi connectivity index (χ3v) is 6.14. The standard InChI is InChI=1S/C19H24N2O4S/c1-12-10-20(8-7-16(12)19(24)25)18(23)13-9-17(22)21(11-13)14-3-5-15(26-2)6-4-14/h3-6,12-13,16H,7-11H2,1-2H3,(H,24,25). The molecule has 1 aromatic carbocycles. The van der Waals surface area contributed by atoms with Gasteiger partial charge in [-0.2, -0.15) is 0 Å². The van der Waals surface area contributed by atoms with Gasteiger partial charge in [-0.15, -0.1) is 11.8 Å². The average Bonchev–Trinajstić information content (AvgIpc) is 3.02. The number of hydrogen-bond acceptors (Lipinski definition) is 4. The number of nitrogens with zero attached hydrogens (tertiary/aromatic N) is 2. The minimum absolute atomic E-state index is 0.0303. The van der Waals surface area contributed by atoms with Crippen LogP contribution in [0.1, 0.15) is 19.8 Å². The predicted molar refractivity (Wildman–Crippen MR) is 100 cm³/mol. The summed E-state index contributed by atoms with van der Waals surface area (Å²) in [5.41, 5.74) is 0.820. The van der Waals surface area contributed by atoms with Crippen molar-refractivity contribution in [3.63, 3.8) is 0 Å². The van der Waals surface area contributed by atoms with Crippen molar-refractivity contribution in [3.05, 3.63) is 24.3 Å². The first-order chi connectivity index (χ1) is 12.4. The maximum atomic E-state index is 12.8. The Morgan fingerprint density at radius 3 is 2.46 bits per heavy atom. The number of likely N-dealkylation sites (tertiary alicyclic amines) is 1. The highest BCUT2D eigenvalue weighted by molar-refractivity contribution is 7.98. The number of carbonyl (C=O) groups excluding carboxylic acids is 2. The van der Waals surface area contributed by atoms with Crippen LogP contribution in [0.4, 0.5) is 5.69 Å². The molecule has 2 aliphatic heterocycles. The molecular formula is C19H24N2O4S. The van der Waals surface area contributed by atoms with Crippen molar-refractivity contribution in [1.29, 1.82) is 0 Å². The molecule has 2 aliphatic rings. The summed E-state index contributed by atoms with van der Waals surface area (Å²) in [5.74, 6) is -1.67. The number of thioether (sulfide) groups is 1. The van der Waals surface area contributed by atoms with E-state index in [0.717, 1.165) is 10.6 Å². The maximum absolute atomic E-state index is 12.8. The summed E-state index contributed by atoms with van der Waals surface area (Å²) in [4.78, 5) is 41.0. The minimum atomic E-state index is -0.791. The number of hydrogen-bond donors (Lipinski definition) is 1. The molecule has 1 aromatic rings. The van der Waals surface area contributed by atoms with Crippen LogP contribution < -0.4 is 4.90 Å². The molecule has 2 heterocycles. The molecule has 0 aromatic heterocycles. The van der Waals surface area contributed by atoms with Crippen LogP contribution in [0.2, 0.25) is 0 Å². The number of aliphatic carboxylic acids is 1. The smallest absolute Gasteiger partial charge is 0.306 e. The zero-order valence-electron chi connectivity index (χ0n) is 15.1. The number of carboxylic acids is 1. The molecule has 0 spiro atoms. The monoisotopic (exact) mass is 376 g/mol. The number of carboxylic acid groups (broad SMARTS) is 1. The summed E-state index contributed by atoms with van der Waals surface area (Å²) in [6, 6.07) is 7.77. The van der Waals surface area contributed by atoms with E-state index < -0.39 is 11.9 Å². The van der Waals surface area contributed by atoms with Crippen molar-refractivity contribution in [2.45, 2.75) is 24.7 Å². The van der Waals surface area contributed by atoms with Crippen LogP contribution in [0.25, 0.3) is 0 Å². The molecule has 6 nitrogen and oxygen atoms in total. The highest BCUT2D eigenvalue weighted by Crippen LogP contribution is 2.30. The van der Waals surface area contributed by atoms with Crippen LogP contribution in [0.5, 0.6) is 0 Å². The predicted octanol–water partition coefficient (Wildman–Crippen LogP) is 2.33. The van der Waals surface area contributed by atoms with E-state index in [1.54, 1.807) is 21.6 Å². The molecule has 2 amide bonds. The van der Waals surface area contributed by atoms with Gasteiger partial charge in [-0.3, -0.25) is 14.4 Å². The molecule has 2 saturated heterocycles. The number of piperidine rings is 1. The summed E-state index contributed by atoms with van der Waals surface area (Å²) < 4.78 is 0. The largest absolute Gasteiger partial charge is 0.481 e. The van der Waals surface area contributed by atoms with E-state index in [0.29, 0.717) is 26.1 Å². The summed E-state index contributed by atoms with van der Waals surface area (Å²) in [6.45, 7) is 3.16. The minimum Gasteiger partial charge on any atom is -0.481 e. The quantitative estimate of drug-likeness (QED) is 0.816. The Morgan fingerprint density at radius 2 is 1.88 bits per heavy atom. The molecule has 0 radical (unpaired) electrons. The maximum Gasteiger partial charge on any atom is 0.306 e. The molecule has 0 bridgehead atoms. The number of carbonyl (C=O) groups is 3. The second-order valence-electron chi connectivity index (χ2n) is 7.10. The molecule has 140 valence electrons. The second-order valence-corrected chi connectivity index (χ2v) is 7.98. The Balaban J connectivity index is 1.64. The van der Waals surface area contributed by atoms with Gasteiger partial charge >= 0.3 is 5.97 Å². The van der Waals surface area contributed by atoms with Crippen molar-refractivity contribution in [2.75, 3.05) is 30.8 Å². The van der Waals surface area contributed by atoms with Gasteiger partial charge in [-0.05, 0) is 42.9 Å². The topological polar surface area (TPSA) is 77.9 Å². The third-order valence-electron chi connectivity index (χ3n) is 5.39. The Kier molecular flexibility index (Phi) is 5.55. The van der Waals surface area contributed by atoms with Crippen LogP contribution >= 0.6 is 11.8 Å². The van der Waals surface area contributed by atoms with Crippen molar-refractivity contribution >= 4 is 35.2 Å². The van der Waals surface area contributed by atoms with E-state index in [-0.39, 0.29) is 30.1 Å². The fourth-order valence-electron chi connectivity index (χ4n) is 3.86. The van der Waals surface area contributed by atoms with Gasteiger partial charge < -0.3 is 14.9 Å². The Morgan fingerprint density at radius 1 is 1.19 bits per heavy atom. The molecule has 2 fully saturated rings.